The third-order valence-electron chi connectivity index (χ3n) is 6.87. The lowest BCUT2D eigenvalue weighted by atomic mass is 9.48. The van der Waals surface area contributed by atoms with Gasteiger partial charge in [0.25, 0.3) is 0 Å². The Kier molecular flexibility index (Phi) is 3.43. The Labute approximate surface area is 145 Å². The van der Waals surface area contributed by atoms with Crippen molar-refractivity contribution >= 4 is 5.69 Å². The predicted molar refractivity (Wildman–Crippen MR) is 100 cm³/mol. The topological polar surface area (TPSA) is 12.0 Å². The molecule has 4 aliphatic rings. The van der Waals surface area contributed by atoms with Gasteiger partial charge >= 0.3 is 0 Å². The Balaban J connectivity index is 1.32. The minimum absolute atomic E-state index is 0.528. The Bertz CT molecular complexity index is 665. The zero-order valence-corrected chi connectivity index (χ0v) is 14.4. The molecule has 0 unspecified atom stereocenters. The summed E-state index contributed by atoms with van der Waals surface area (Å²) in [5.74, 6) is 3.07. The van der Waals surface area contributed by atoms with Crippen LogP contribution in [0.15, 0.2) is 54.6 Å². The fourth-order valence-electron chi connectivity index (χ4n) is 6.20. The molecule has 4 saturated carbocycles. The van der Waals surface area contributed by atoms with Crippen LogP contribution in [-0.4, -0.2) is 0 Å². The van der Waals surface area contributed by atoms with E-state index in [0.717, 1.165) is 24.3 Å². The smallest absolute Gasteiger partial charge is 0.0400 e. The Hall–Kier alpha value is -1.76. The van der Waals surface area contributed by atoms with E-state index in [0.29, 0.717) is 5.41 Å². The van der Waals surface area contributed by atoms with Gasteiger partial charge in [-0.1, -0.05) is 42.5 Å². The fourth-order valence-corrected chi connectivity index (χ4v) is 6.20. The van der Waals surface area contributed by atoms with E-state index in [1.165, 1.54) is 49.8 Å². The van der Waals surface area contributed by atoms with Gasteiger partial charge < -0.3 is 5.32 Å². The minimum Gasteiger partial charge on any atom is -0.381 e. The van der Waals surface area contributed by atoms with Crippen LogP contribution in [0.5, 0.6) is 0 Å². The predicted octanol–water partition coefficient (Wildman–Crippen LogP) is 5.77. The standard InChI is InChI=1S/C23H27N/c1-2-4-22(5-3-1)24-16-17-6-8-21(9-7-17)23-13-18-10-19(14-23)12-20(11-18)15-23/h1-9,18-20,24H,10-16H2. The molecule has 0 amide bonds. The molecule has 0 radical (unpaired) electrons. The van der Waals surface area contributed by atoms with Crippen molar-refractivity contribution in [2.24, 2.45) is 17.8 Å². The molecule has 24 heavy (non-hydrogen) atoms. The molecule has 4 fully saturated rings. The lowest BCUT2D eigenvalue weighted by Gasteiger charge is -2.57. The summed E-state index contributed by atoms with van der Waals surface area (Å²) in [6.07, 6.45) is 8.96. The molecule has 0 saturated heterocycles. The zero-order valence-electron chi connectivity index (χ0n) is 14.4. The maximum absolute atomic E-state index is 3.52. The molecule has 124 valence electrons. The maximum atomic E-state index is 3.52. The van der Waals surface area contributed by atoms with Gasteiger partial charge in [0.2, 0.25) is 0 Å². The number of anilines is 1. The van der Waals surface area contributed by atoms with E-state index >= 15 is 0 Å². The molecule has 6 rings (SSSR count). The van der Waals surface area contributed by atoms with E-state index < -0.39 is 0 Å². The lowest BCUT2D eigenvalue weighted by molar-refractivity contribution is -0.00519. The molecule has 1 N–H and O–H groups in total. The van der Waals surface area contributed by atoms with Gasteiger partial charge in [0.05, 0.1) is 0 Å². The van der Waals surface area contributed by atoms with E-state index in [1.807, 2.05) is 0 Å². The first-order valence-corrected chi connectivity index (χ1v) is 9.67. The molecule has 4 aliphatic carbocycles. The molecule has 2 aromatic carbocycles. The summed E-state index contributed by atoms with van der Waals surface area (Å²) < 4.78 is 0. The van der Waals surface area contributed by atoms with Gasteiger partial charge in [-0.3, -0.25) is 0 Å². The molecule has 4 bridgehead atoms. The number of para-hydroxylation sites is 1. The van der Waals surface area contributed by atoms with Gasteiger partial charge in [0.15, 0.2) is 0 Å². The first kappa shape index (κ1) is 14.6. The highest BCUT2D eigenvalue weighted by Crippen LogP contribution is 2.60. The quantitative estimate of drug-likeness (QED) is 0.755. The number of benzene rings is 2. The Morgan fingerprint density at radius 2 is 1.33 bits per heavy atom. The molecule has 0 aliphatic heterocycles. The molecule has 2 aromatic rings. The van der Waals surface area contributed by atoms with Crippen LogP contribution in [0.3, 0.4) is 0 Å². The summed E-state index contributed by atoms with van der Waals surface area (Å²) in [4.78, 5) is 0. The normalized spacial score (nSPS) is 33.6. The minimum atomic E-state index is 0.528. The van der Waals surface area contributed by atoms with Gasteiger partial charge in [-0.2, -0.15) is 0 Å². The second-order valence-electron chi connectivity index (χ2n) is 8.61. The average Bonchev–Trinajstić information content (AvgIpc) is 2.60. The second kappa shape index (κ2) is 5.65. The summed E-state index contributed by atoms with van der Waals surface area (Å²) in [7, 11) is 0. The van der Waals surface area contributed by atoms with Gasteiger partial charge in [-0.15, -0.1) is 0 Å². The van der Waals surface area contributed by atoms with E-state index in [4.69, 9.17) is 0 Å². The number of hydrogen-bond donors (Lipinski definition) is 1. The largest absolute Gasteiger partial charge is 0.381 e. The number of rotatable bonds is 4. The van der Waals surface area contributed by atoms with Crippen LogP contribution >= 0.6 is 0 Å². The van der Waals surface area contributed by atoms with Gasteiger partial charge in [0, 0.05) is 12.2 Å². The lowest BCUT2D eigenvalue weighted by Crippen LogP contribution is -2.48. The first-order valence-electron chi connectivity index (χ1n) is 9.67. The van der Waals surface area contributed by atoms with Crippen molar-refractivity contribution in [3.05, 3.63) is 65.7 Å². The average molecular weight is 317 g/mol. The summed E-state index contributed by atoms with van der Waals surface area (Å²) in [6, 6.07) is 20.1. The van der Waals surface area contributed by atoms with Crippen molar-refractivity contribution in [2.75, 3.05) is 5.32 Å². The third-order valence-corrected chi connectivity index (χ3v) is 6.87. The van der Waals surface area contributed by atoms with Crippen molar-refractivity contribution in [3.8, 4) is 0 Å². The van der Waals surface area contributed by atoms with E-state index in [-0.39, 0.29) is 0 Å². The van der Waals surface area contributed by atoms with E-state index in [2.05, 4.69) is 59.9 Å². The van der Waals surface area contributed by atoms with Gasteiger partial charge in [-0.25, -0.2) is 0 Å². The zero-order chi connectivity index (χ0) is 16.0. The molecule has 0 heterocycles. The third kappa shape index (κ3) is 2.55. The van der Waals surface area contributed by atoms with Crippen LogP contribution in [0.25, 0.3) is 0 Å². The summed E-state index contributed by atoms with van der Waals surface area (Å²) >= 11 is 0. The molecular formula is C23H27N. The molecule has 0 spiro atoms. The first-order chi connectivity index (χ1) is 11.8. The Morgan fingerprint density at radius 1 is 0.750 bits per heavy atom. The Morgan fingerprint density at radius 3 is 1.92 bits per heavy atom. The monoisotopic (exact) mass is 317 g/mol. The van der Waals surface area contributed by atoms with Crippen molar-refractivity contribution in [1.82, 2.24) is 0 Å². The van der Waals surface area contributed by atoms with Crippen molar-refractivity contribution in [1.29, 1.82) is 0 Å². The van der Waals surface area contributed by atoms with Crippen LogP contribution in [0.2, 0.25) is 0 Å². The van der Waals surface area contributed by atoms with Crippen molar-refractivity contribution < 1.29 is 0 Å². The van der Waals surface area contributed by atoms with Crippen LogP contribution in [-0.2, 0) is 12.0 Å². The summed E-state index contributed by atoms with van der Waals surface area (Å²) in [6.45, 7) is 0.908. The molecule has 1 heteroatoms. The summed E-state index contributed by atoms with van der Waals surface area (Å²) in [5, 5.41) is 3.52. The molecule has 0 atom stereocenters. The molecular weight excluding hydrogens is 290 g/mol. The second-order valence-corrected chi connectivity index (χ2v) is 8.61. The number of hydrogen-bond acceptors (Lipinski definition) is 1. The number of nitrogens with one attached hydrogen (secondary N) is 1. The van der Waals surface area contributed by atoms with Gasteiger partial charge in [0.1, 0.15) is 0 Å². The SMILES string of the molecule is c1ccc(NCc2ccc(C34CC5CC(CC(C5)C3)C4)cc2)cc1. The van der Waals surface area contributed by atoms with Gasteiger partial charge in [-0.05, 0) is 85.0 Å². The fraction of sp³-hybridized carbons (Fsp3) is 0.478. The van der Waals surface area contributed by atoms with Crippen LogP contribution in [0, 0.1) is 17.8 Å². The molecule has 0 aromatic heterocycles. The highest BCUT2D eigenvalue weighted by Gasteiger charge is 2.51. The summed E-state index contributed by atoms with van der Waals surface area (Å²) in [5.41, 5.74) is 4.74. The van der Waals surface area contributed by atoms with Crippen LogP contribution in [0.4, 0.5) is 5.69 Å². The molecule has 1 nitrogen and oxygen atoms in total. The van der Waals surface area contributed by atoms with E-state index in [1.54, 1.807) is 5.56 Å². The van der Waals surface area contributed by atoms with Crippen molar-refractivity contribution in [2.45, 2.75) is 50.5 Å². The van der Waals surface area contributed by atoms with E-state index in [9.17, 15) is 0 Å². The highest BCUT2D eigenvalue weighted by atomic mass is 14.9. The van der Waals surface area contributed by atoms with Crippen LogP contribution in [0.1, 0.15) is 49.7 Å². The van der Waals surface area contributed by atoms with Crippen molar-refractivity contribution in [3.63, 3.8) is 0 Å². The van der Waals surface area contributed by atoms with Crippen LogP contribution < -0.4 is 5.32 Å². The highest BCUT2D eigenvalue weighted by molar-refractivity contribution is 5.43. The maximum Gasteiger partial charge on any atom is 0.0400 e.